The van der Waals surface area contributed by atoms with E-state index in [0.717, 1.165) is 10.5 Å². The normalized spacial score (nSPS) is 12.8. The van der Waals surface area contributed by atoms with Crippen molar-refractivity contribution >= 4 is 29.3 Å². The van der Waals surface area contributed by atoms with Crippen molar-refractivity contribution in [2.24, 2.45) is 0 Å². The number of carbonyl (C=O) groups excluding carboxylic acids is 1. The second kappa shape index (κ2) is 8.77. The average Bonchev–Trinajstić information content (AvgIpc) is 2.48. The molecule has 1 aromatic carbocycles. The van der Waals surface area contributed by atoms with Crippen LogP contribution in [0.4, 0.5) is 0 Å². The Morgan fingerprint density at radius 2 is 1.96 bits per heavy atom. The van der Waals surface area contributed by atoms with E-state index in [2.05, 4.69) is 33.8 Å². The van der Waals surface area contributed by atoms with Gasteiger partial charge in [-0.15, -0.1) is 11.8 Å². The fourth-order valence-corrected chi connectivity index (χ4v) is 3.58. The third-order valence-electron chi connectivity index (χ3n) is 3.69. The molecule has 24 heavy (non-hydrogen) atoms. The molecule has 1 rings (SSSR count). The van der Waals surface area contributed by atoms with Crippen LogP contribution in [0.15, 0.2) is 34.2 Å². The van der Waals surface area contributed by atoms with E-state index in [9.17, 15) is 4.79 Å². The highest BCUT2D eigenvalue weighted by Gasteiger charge is 2.23. The molecule has 0 aliphatic heterocycles. The molecule has 0 saturated carbocycles. The molecule has 0 fully saturated rings. The highest BCUT2D eigenvalue weighted by molar-refractivity contribution is 7.98. The van der Waals surface area contributed by atoms with Crippen LogP contribution in [-0.4, -0.2) is 12.2 Å². The number of carbonyl (C=O) groups is 1. The van der Waals surface area contributed by atoms with Crippen molar-refractivity contribution < 1.29 is 9.53 Å². The molecule has 0 radical (unpaired) electrons. The van der Waals surface area contributed by atoms with Crippen LogP contribution in [0.1, 0.15) is 50.8 Å². The van der Waals surface area contributed by atoms with Gasteiger partial charge in [0, 0.05) is 5.03 Å². The van der Waals surface area contributed by atoms with Gasteiger partial charge >= 0.3 is 5.97 Å². The lowest BCUT2D eigenvalue weighted by atomic mass is 9.83. The average molecular weight is 367 g/mol. The summed E-state index contributed by atoms with van der Waals surface area (Å²) in [4.78, 5) is 13.2. The highest BCUT2D eigenvalue weighted by atomic mass is 35.5. The molecular weight excluding hydrogens is 340 g/mol. The molecule has 0 aliphatic rings. The van der Waals surface area contributed by atoms with Crippen LogP contribution in [0.2, 0.25) is 0 Å². The monoisotopic (exact) mass is 366 g/mol. The molecule has 4 heteroatoms. The van der Waals surface area contributed by atoms with Crippen molar-refractivity contribution in [2.45, 2.75) is 58.3 Å². The predicted molar refractivity (Wildman–Crippen MR) is 105 cm³/mol. The van der Waals surface area contributed by atoms with Crippen molar-refractivity contribution in [1.29, 1.82) is 0 Å². The number of rotatable bonds is 5. The lowest BCUT2D eigenvalue weighted by Crippen LogP contribution is -2.16. The van der Waals surface area contributed by atoms with Crippen molar-refractivity contribution in [3.8, 4) is 5.75 Å². The quantitative estimate of drug-likeness (QED) is 0.264. The molecule has 0 unspecified atom stereocenters. The van der Waals surface area contributed by atoms with Crippen LogP contribution in [0.3, 0.4) is 0 Å². The molecule has 1 aromatic rings. The van der Waals surface area contributed by atoms with E-state index in [-0.39, 0.29) is 17.8 Å². The van der Waals surface area contributed by atoms with Gasteiger partial charge in [0.15, 0.2) is 0 Å². The third-order valence-corrected chi connectivity index (χ3v) is 4.87. The standard InChI is InChI=1S/C20H27ClO2S/c1-8-9-15(21)10-11-17(22)23-18-13(2)12-16(20(4,5)6)14(3)19(18)24-7/h8-10,12H,11H2,1-7H3/b9-8-,15-10+. The Hall–Kier alpha value is -1.19. The number of ether oxygens (including phenoxy) is 1. The van der Waals surface area contributed by atoms with Gasteiger partial charge in [-0.3, -0.25) is 4.79 Å². The molecule has 0 aliphatic carbocycles. The van der Waals surface area contributed by atoms with E-state index in [1.807, 2.05) is 26.2 Å². The molecule has 0 heterocycles. The summed E-state index contributed by atoms with van der Waals surface area (Å²) < 4.78 is 5.66. The lowest BCUT2D eigenvalue weighted by molar-refractivity contribution is -0.133. The maximum absolute atomic E-state index is 12.2. The molecule has 0 atom stereocenters. The maximum atomic E-state index is 12.2. The minimum atomic E-state index is -0.307. The molecular formula is C20H27ClO2S. The Labute approximate surface area is 155 Å². The summed E-state index contributed by atoms with van der Waals surface area (Å²) in [6, 6.07) is 2.13. The van der Waals surface area contributed by atoms with Gasteiger partial charge in [-0.05, 0) is 55.2 Å². The van der Waals surface area contributed by atoms with Crippen LogP contribution in [0, 0.1) is 13.8 Å². The van der Waals surface area contributed by atoms with Gasteiger partial charge in [0.1, 0.15) is 5.75 Å². The summed E-state index contributed by atoms with van der Waals surface area (Å²) in [5, 5.41) is 0.538. The van der Waals surface area contributed by atoms with E-state index in [0.29, 0.717) is 10.8 Å². The van der Waals surface area contributed by atoms with Gasteiger partial charge in [-0.2, -0.15) is 0 Å². The second-order valence-corrected chi connectivity index (χ2v) is 8.00. The Balaban J connectivity index is 3.15. The summed E-state index contributed by atoms with van der Waals surface area (Å²) in [6.45, 7) is 12.5. The fraction of sp³-hybridized carbons (Fsp3) is 0.450. The van der Waals surface area contributed by atoms with E-state index in [1.54, 1.807) is 23.9 Å². The lowest BCUT2D eigenvalue weighted by Gasteiger charge is -2.25. The number of benzene rings is 1. The topological polar surface area (TPSA) is 26.3 Å². The van der Waals surface area contributed by atoms with Crippen molar-refractivity contribution in [1.82, 2.24) is 0 Å². The molecule has 0 bridgehead atoms. The van der Waals surface area contributed by atoms with E-state index < -0.39 is 0 Å². The molecule has 0 amide bonds. The van der Waals surface area contributed by atoms with Crippen LogP contribution in [0.5, 0.6) is 5.75 Å². The van der Waals surface area contributed by atoms with Crippen LogP contribution < -0.4 is 4.74 Å². The smallest absolute Gasteiger partial charge is 0.315 e. The largest absolute Gasteiger partial charge is 0.425 e. The SMILES string of the molecule is C/C=C\C(Cl)=C/CC(=O)Oc1c(C)cc(C(C)(C)C)c(C)c1SC. The number of hydrogen-bond acceptors (Lipinski definition) is 3. The molecule has 0 aromatic heterocycles. The van der Waals surface area contributed by atoms with Crippen LogP contribution in [-0.2, 0) is 10.2 Å². The minimum Gasteiger partial charge on any atom is -0.425 e. The molecule has 0 N–H and O–H groups in total. The summed E-state index contributed by atoms with van der Waals surface area (Å²) in [5.74, 6) is 0.354. The van der Waals surface area contributed by atoms with Gasteiger partial charge in [-0.1, -0.05) is 50.6 Å². The second-order valence-electron chi connectivity index (χ2n) is 6.75. The third kappa shape index (κ3) is 5.42. The number of hydrogen-bond donors (Lipinski definition) is 0. The Morgan fingerprint density at radius 1 is 1.33 bits per heavy atom. The zero-order valence-electron chi connectivity index (χ0n) is 15.6. The minimum absolute atomic E-state index is 0.0462. The Kier molecular flexibility index (Phi) is 7.62. The zero-order valence-corrected chi connectivity index (χ0v) is 17.2. The molecule has 0 saturated heterocycles. The van der Waals surface area contributed by atoms with Gasteiger partial charge in [0.2, 0.25) is 0 Å². The first kappa shape index (κ1) is 20.9. The fourth-order valence-electron chi connectivity index (χ4n) is 2.58. The van der Waals surface area contributed by atoms with Crippen molar-refractivity contribution in [3.63, 3.8) is 0 Å². The summed E-state index contributed by atoms with van der Waals surface area (Å²) >= 11 is 7.59. The first-order valence-electron chi connectivity index (χ1n) is 7.99. The molecule has 2 nitrogen and oxygen atoms in total. The Bertz CT molecular complexity index is 667. The van der Waals surface area contributed by atoms with Gasteiger partial charge in [0.25, 0.3) is 0 Å². The number of halogens is 1. The van der Waals surface area contributed by atoms with Gasteiger partial charge in [-0.25, -0.2) is 0 Å². The van der Waals surface area contributed by atoms with E-state index in [1.165, 1.54) is 11.1 Å². The predicted octanol–water partition coefficient (Wildman–Crippen LogP) is 6.32. The van der Waals surface area contributed by atoms with Crippen LogP contribution in [0.25, 0.3) is 0 Å². The first-order valence-corrected chi connectivity index (χ1v) is 9.59. The van der Waals surface area contributed by atoms with Gasteiger partial charge in [0.05, 0.1) is 11.3 Å². The number of thioether (sulfide) groups is 1. The highest BCUT2D eigenvalue weighted by Crippen LogP contribution is 2.40. The molecule has 132 valence electrons. The van der Waals surface area contributed by atoms with E-state index >= 15 is 0 Å². The number of esters is 1. The molecule has 0 spiro atoms. The van der Waals surface area contributed by atoms with E-state index in [4.69, 9.17) is 16.3 Å². The summed E-state index contributed by atoms with van der Waals surface area (Å²) in [6.07, 6.45) is 7.39. The summed E-state index contributed by atoms with van der Waals surface area (Å²) in [5.41, 5.74) is 3.47. The summed E-state index contributed by atoms with van der Waals surface area (Å²) in [7, 11) is 0. The van der Waals surface area contributed by atoms with Crippen molar-refractivity contribution in [3.05, 3.63) is 46.0 Å². The van der Waals surface area contributed by atoms with Gasteiger partial charge < -0.3 is 4.74 Å². The number of aryl methyl sites for hydroxylation is 1. The first-order chi connectivity index (χ1) is 11.1. The Morgan fingerprint density at radius 3 is 2.46 bits per heavy atom. The maximum Gasteiger partial charge on any atom is 0.315 e. The zero-order chi connectivity index (χ0) is 18.5. The number of allylic oxidation sites excluding steroid dienone is 3. The van der Waals surface area contributed by atoms with Crippen molar-refractivity contribution in [2.75, 3.05) is 6.26 Å². The van der Waals surface area contributed by atoms with Crippen LogP contribution >= 0.6 is 23.4 Å².